The van der Waals surface area contributed by atoms with Gasteiger partial charge in [-0.25, -0.2) is 4.98 Å². The first-order valence-corrected chi connectivity index (χ1v) is 9.44. The minimum Gasteiger partial charge on any atom is -0.380 e. The lowest BCUT2D eigenvalue weighted by molar-refractivity contribution is 0.0881. The molecule has 1 aliphatic heterocycles. The highest BCUT2D eigenvalue weighted by atomic mass is 32.1. The number of fused-ring (bicyclic) bond motifs is 1. The Labute approximate surface area is 141 Å². The number of aromatic nitrogens is 3. The van der Waals surface area contributed by atoms with Gasteiger partial charge in [-0.3, -0.25) is 9.58 Å². The first-order valence-electron chi connectivity index (χ1n) is 8.56. The molecule has 0 radical (unpaired) electrons. The normalized spacial score (nSPS) is 21.5. The van der Waals surface area contributed by atoms with Gasteiger partial charge in [0.2, 0.25) is 0 Å². The van der Waals surface area contributed by atoms with Crippen molar-refractivity contribution in [2.75, 3.05) is 19.8 Å². The minimum absolute atomic E-state index is 0.380. The summed E-state index contributed by atoms with van der Waals surface area (Å²) in [6, 6.07) is 0. The van der Waals surface area contributed by atoms with Crippen molar-refractivity contribution >= 4 is 11.3 Å². The average molecular weight is 332 g/mol. The fraction of sp³-hybridized carbons (Fsp3) is 0.647. The molecule has 2 aromatic rings. The largest absolute Gasteiger partial charge is 0.380 e. The van der Waals surface area contributed by atoms with Gasteiger partial charge >= 0.3 is 0 Å². The smallest absolute Gasteiger partial charge is 0.107 e. The summed E-state index contributed by atoms with van der Waals surface area (Å²) in [6.45, 7) is 7.68. The molecule has 0 amide bonds. The van der Waals surface area contributed by atoms with Crippen LogP contribution in [0, 0.1) is 5.92 Å². The van der Waals surface area contributed by atoms with Crippen LogP contribution in [-0.4, -0.2) is 39.4 Å². The molecule has 0 N–H and O–H groups in total. The lowest BCUT2D eigenvalue weighted by Gasteiger charge is -2.31. The Kier molecular flexibility index (Phi) is 4.46. The van der Waals surface area contributed by atoms with Gasteiger partial charge in [0.25, 0.3) is 0 Å². The van der Waals surface area contributed by atoms with E-state index in [1.807, 2.05) is 6.20 Å². The zero-order valence-corrected chi connectivity index (χ0v) is 14.5. The predicted octanol–water partition coefficient (Wildman–Crippen LogP) is 2.89. The van der Waals surface area contributed by atoms with E-state index in [1.54, 1.807) is 11.3 Å². The molecule has 0 bridgehead atoms. The molecule has 1 saturated carbocycles. The summed E-state index contributed by atoms with van der Waals surface area (Å²) in [7, 11) is 0. The van der Waals surface area contributed by atoms with Crippen molar-refractivity contribution in [3.63, 3.8) is 0 Å². The molecule has 23 heavy (non-hydrogen) atoms. The van der Waals surface area contributed by atoms with Crippen molar-refractivity contribution in [1.29, 1.82) is 0 Å². The number of thiazole rings is 1. The molecule has 6 heteroatoms. The van der Waals surface area contributed by atoms with E-state index >= 15 is 0 Å². The summed E-state index contributed by atoms with van der Waals surface area (Å²) in [6.07, 6.45) is 6.78. The third kappa shape index (κ3) is 3.65. The van der Waals surface area contributed by atoms with E-state index in [-0.39, 0.29) is 0 Å². The third-order valence-corrected chi connectivity index (χ3v) is 5.43. The Morgan fingerprint density at radius 3 is 3.00 bits per heavy atom. The monoisotopic (exact) mass is 332 g/mol. The molecule has 3 heterocycles. The van der Waals surface area contributed by atoms with E-state index in [1.165, 1.54) is 29.1 Å². The number of hydrogen-bond acceptors (Lipinski definition) is 5. The van der Waals surface area contributed by atoms with Crippen LogP contribution >= 0.6 is 11.3 Å². The van der Waals surface area contributed by atoms with Gasteiger partial charge < -0.3 is 4.74 Å². The number of aryl methyl sites for hydroxylation is 1. The Hall–Kier alpha value is -1.24. The van der Waals surface area contributed by atoms with Gasteiger partial charge in [0.1, 0.15) is 5.01 Å². The molecular weight excluding hydrogens is 308 g/mol. The molecule has 124 valence electrons. The van der Waals surface area contributed by atoms with Crippen molar-refractivity contribution < 1.29 is 4.74 Å². The van der Waals surface area contributed by atoms with Gasteiger partial charge in [0, 0.05) is 55.5 Å². The summed E-state index contributed by atoms with van der Waals surface area (Å²) in [5.41, 5.74) is 2.60. The summed E-state index contributed by atoms with van der Waals surface area (Å²) < 4.78 is 8.05. The van der Waals surface area contributed by atoms with Crippen LogP contribution < -0.4 is 0 Å². The molecule has 2 aliphatic rings. The van der Waals surface area contributed by atoms with Gasteiger partial charge in [0.05, 0.1) is 18.8 Å². The number of nitrogens with zero attached hydrogens (tertiary/aromatic N) is 4. The maximum absolute atomic E-state index is 5.99. The molecule has 4 rings (SSSR count). The van der Waals surface area contributed by atoms with E-state index < -0.39 is 0 Å². The lowest BCUT2D eigenvalue weighted by atomic mass is 9.97. The molecular formula is C17H24N4OS. The van der Waals surface area contributed by atoms with Crippen LogP contribution in [0.2, 0.25) is 0 Å². The van der Waals surface area contributed by atoms with Crippen molar-refractivity contribution in [2.45, 2.75) is 45.3 Å². The molecule has 5 nitrogen and oxygen atoms in total. The number of rotatable bonds is 7. The van der Waals surface area contributed by atoms with Crippen LogP contribution in [0.4, 0.5) is 0 Å². The fourth-order valence-corrected chi connectivity index (χ4v) is 3.90. The zero-order valence-electron chi connectivity index (χ0n) is 13.6. The molecule has 2 aromatic heterocycles. The first-order chi connectivity index (χ1) is 11.3. The van der Waals surface area contributed by atoms with Gasteiger partial charge in [0.15, 0.2) is 0 Å². The molecule has 1 fully saturated rings. The van der Waals surface area contributed by atoms with Crippen LogP contribution in [0.3, 0.4) is 0 Å². The second-order valence-corrected chi connectivity index (χ2v) is 7.65. The second-order valence-electron chi connectivity index (χ2n) is 6.67. The van der Waals surface area contributed by atoms with Crippen LogP contribution in [0.15, 0.2) is 17.8 Å². The maximum atomic E-state index is 5.99. The Balaban J connectivity index is 1.46. The van der Waals surface area contributed by atoms with Gasteiger partial charge in [-0.1, -0.05) is 0 Å². The van der Waals surface area contributed by atoms with Gasteiger partial charge in [-0.2, -0.15) is 5.10 Å². The third-order valence-electron chi connectivity index (χ3n) is 4.67. The summed E-state index contributed by atoms with van der Waals surface area (Å²) >= 11 is 1.73. The lowest BCUT2D eigenvalue weighted by Crippen LogP contribution is -2.35. The standard InChI is InChI=1S/C17H24N4OS/c1-2-21-9-14-7-20(10-16-18-5-6-23-16)8-15(17(14)19-21)12-22-11-13-3-4-13/h5-6,9,13,15H,2-4,7-8,10-12H2,1H3. The molecule has 1 atom stereocenters. The van der Waals surface area contributed by atoms with Crippen molar-refractivity contribution in [1.82, 2.24) is 19.7 Å². The Bertz CT molecular complexity index is 635. The zero-order chi connectivity index (χ0) is 15.6. The highest BCUT2D eigenvalue weighted by Gasteiger charge is 2.30. The predicted molar refractivity (Wildman–Crippen MR) is 90.4 cm³/mol. The summed E-state index contributed by atoms with van der Waals surface area (Å²) in [5, 5.41) is 8.03. The van der Waals surface area contributed by atoms with E-state index in [4.69, 9.17) is 9.84 Å². The van der Waals surface area contributed by atoms with Crippen LogP contribution in [-0.2, 0) is 24.4 Å². The minimum atomic E-state index is 0.380. The molecule has 0 saturated heterocycles. The summed E-state index contributed by atoms with van der Waals surface area (Å²) in [4.78, 5) is 6.91. The Morgan fingerprint density at radius 2 is 2.26 bits per heavy atom. The number of ether oxygens (including phenoxy) is 1. The van der Waals surface area contributed by atoms with Gasteiger partial charge in [-0.15, -0.1) is 11.3 Å². The SMILES string of the molecule is CCn1cc2c(n1)C(COCC1CC1)CN(Cc1nccs1)C2. The first kappa shape index (κ1) is 15.3. The molecule has 0 spiro atoms. The van der Waals surface area contributed by atoms with E-state index in [9.17, 15) is 0 Å². The van der Waals surface area contributed by atoms with Crippen molar-refractivity contribution in [2.24, 2.45) is 5.92 Å². The average Bonchev–Trinajstić information content (AvgIpc) is 3.06. The second kappa shape index (κ2) is 6.71. The highest BCUT2D eigenvalue weighted by Crippen LogP contribution is 2.31. The fourth-order valence-electron chi connectivity index (χ4n) is 3.24. The molecule has 0 aromatic carbocycles. The van der Waals surface area contributed by atoms with E-state index in [0.717, 1.165) is 45.3 Å². The summed E-state index contributed by atoms with van der Waals surface area (Å²) in [5.74, 6) is 1.20. The van der Waals surface area contributed by atoms with Crippen LogP contribution in [0.5, 0.6) is 0 Å². The van der Waals surface area contributed by atoms with Crippen LogP contribution in [0.25, 0.3) is 0 Å². The molecule has 1 unspecified atom stereocenters. The maximum Gasteiger partial charge on any atom is 0.107 e. The van der Waals surface area contributed by atoms with E-state index in [0.29, 0.717) is 5.92 Å². The van der Waals surface area contributed by atoms with Crippen LogP contribution in [0.1, 0.15) is 41.9 Å². The van der Waals surface area contributed by atoms with Crippen molar-refractivity contribution in [3.8, 4) is 0 Å². The number of hydrogen-bond donors (Lipinski definition) is 0. The van der Waals surface area contributed by atoms with Crippen molar-refractivity contribution in [3.05, 3.63) is 34.0 Å². The quantitative estimate of drug-likeness (QED) is 0.782. The molecule has 1 aliphatic carbocycles. The Morgan fingerprint density at radius 1 is 1.35 bits per heavy atom. The van der Waals surface area contributed by atoms with Gasteiger partial charge in [-0.05, 0) is 25.7 Å². The topological polar surface area (TPSA) is 43.2 Å². The van der Waals surface area contributed by atoms with E-state index in [2.05, 4.69) is 33.1 Å². The highest BCUT2D eigenvalue weighted by molar-refractivity contribution is 7.09.